The number of carbonyl (C=O) groups excluding carboxylic acids is 1. The van der Waals surface area contributed by atoms with Gasteiger partial charge >= 0.3 is 0 Å². The maximum Gasteiger partial charge on any atom is 0.263 e. The minimum absolute atomic E-state index is 0.0278. The van der Waals surface area contributed by atoms with E-state index in [1.54, 1.807) is 23.7 Å². The molecule has 0 unspecified atom stereocenters. The zero-order chi connectivity index (χ0) is 22.8. The van der Waals surface area contributed by atoms with Crippen LogP contribution in [-0.4, -0.2) is 68.1 Å². The minimum atomic E-state index is -0.552. The maximum absolute atomic E-state index is 12.9. The predicted molar refractivity (Wildman–Crippen MR) is 125 cm³/mol. The van der Waals surface area contributed by atoms with Gasteiger partial charge in [-0.2, -0.15) is 4.68 Å². The molecule has 9 nitrogen and oxygen atoms in total. The highest BCUT2D eigenvalue weighted by Gasteiger charge is 2.28. The van der Waals surface area contributed by atoms with E-state index in [1.165, 1.54) is 6.33 Å². The van der Waals surface area contributed by atoms with Crippen molar-refractivity contribution in [2.45, 2.75) is 13.0 Å². The van der Waals surface area contributed by atoms with Gasteiger partial charge in [-0.15, -0.1) is 5.10 Å². The van der Waals surface area contributed by atoms with Crippen molar-refractivity contribution in [2.24, 2.45) is 0 Å². The smallest absolute Gasteiger partial charge is 0.263 e. The van der Waals surface area contributed by atoms with E-state index >= 15 is 0 Å². The topological polar surface area (TPSA) is 89.3 Å². The van der Waals surface area contributed by atoms with E-state index in [4.69, 9.17) is 16.3 Å². The number of hydrogen-bond donors (Lipinski definition) is 0. The average molecular weight is 464 g/mol. The largest absolute Gasteiger partial charge is 0.481 e. The molecule has 168 valence electrons. The molecular weight excluding hydrogens is 442 g/mol. The molecule has 1 atom stereocenters. The summed E-state index contributed by atoms with van der Waals surface area (Å²) >= 11 is 6.00. The van der Waals surface area contributed by atoms with Crippen LogP contribution in [-0.2, 0) is 4.79 Å². The third-order valence-electron chi connectivity index (χ3n) is 5.58. The van der Waals surface area contributed by atoms with Crippen LogP contribution in [0.4, 0.5) is 5.82 Å². The summed E-state index contributed by atoms with van der Waals surface area (Å²) in [6.45, 7) is 4.18. The lowest BCUT2D eigenvalue weighted by molar-refractivity contribution is -0.138. The number of aromatic nitrogens is 5. The first-order valence-electron chi connectivity index (χ1n) is 10.7. The Bertz CT molecular complexity index is 1260. The van der Waals surface area contributed by atoms with Crippen LogP contribution in [0.5, 0.6) is 5.75 Å². The standard InChI is InChI=1S/C23H22ClN7O2/c1-16(33-19-5-3-2-4-6-19)23(32)30-13-11-29(12-14-30)21-20-22(26-15-25-21)31(28-27-20)18-9-7-17(24)8-10-18/h2-10,15-16H,11-14H2,1H3/t16-/m1/s1. The Morgan fingerprint density at radius 2 is 1.73 bits per heavy atom. The molecule has 1 saturated heterocycles. The van der Waals surface area contributed by atoms with Gasteiger partial charge in [0.2, 0.25) is 0 Å². The Labute approximate surface area is 195 Å². The van der Waals surface area contributed by atoms with Crippen LogP contribution in [0.3, 0.4) is 0 Å². The zero-order valence-electron chi connectivity index (χ0n) is 18.0. The van der Waals surface area contributed by atoms with E-state index < -0.39 is 6.10 Å². The Kier molecular flexibility index (Phi) is 5.78. The number of nitrogens with zero attached hydrogens (tertiary/aromatic N) is 7. The van der Waals surface area contributed by atoms with Crippen molar-refractivity contribution in [2.75, 3.05) is 31.1 Å². The van der Waals surface area contributed by atoms with Gasteiger partial charge < -0.3 is 14.5 Å². The number of benzene rings is 2. The highest BCUT2D eigenvalue weighted by Crippen LogP contribution is 2.24. The molecule has 2 aromatic carbocycles. The Morgan fingerprint density at radius 3 is 2.45 bits per heavy atom. The van der Waals surface area contributed by atoms with Gasteiger partial charge in [-0.3, -0.25) is 4.79 Å². The molecule has 0 spiro atoms. The fourth-order valence-corrected chi connectivity index (χ4v) is 4.00. The fraction of sp³-hybridized carbons (Fsp3) is 0.261. The molecule has 2 aromatic heterocycles. The van der Waals surface area contributed by atoms with Crippen molar-refractivity contribution in [1.29, 1.82) is 0 Å². The van der Waals surface area contributed by atoms with E-state index in [0.29, 0.717) is 53.9 Å². The van der Waals surface area contributed by atoms with E-state index in [9.17, 15) is 4.79 Å². The maximum atomic E-state index is 12.9. The number of halogens is 1. The van der Waals surface area contributed by atoms with E-state index in [0.717, 1.165) is 5.69 Å². The summed E-state index contributed by atoms with van der Waals surface area (Å²) in [5, 5.41) is 9.25. The van der Waals surface area contributed by atoms with Gasteiger partial charge in [0.15, 0.2) is 23.1 Å². The van der Waals surface area contributed by atoms with Crippen LogP contribution in [0.15, 0.2) is 60.9 Å². The second-order valence-electron chi connectivity index (χ2n) is 7.73. The molecule has 0 bridgehead atoms. The molecule has 33 heavy (non-hydrogen) atoms. The van der Waals surface area contributed by atoms with Gasteiger partial charge in [0.05, 0.1) is 5.69 Å². The first-order chi connectivity index (χ1) is 16.1. The van der Waals surface area contributed by atoms with Gasteiger partial charge in [-0.25, -0.2) is 9.97 Å². The normalized spacial score (nSPS) is 15.0. The number of ether oxygens (including phenoxy) is 1. The number of anilines is 1. The van der Waals surface area contributed by atoms with Gasteiger partial charge in [-0.1, -0.05) is 35.0 Å². The van der Waals surface area contributed by atoms with E-state index in [1.807, 2.05) is 47.4 Å². The van der Waals surface area contributed by atoms with Gasteiger partial charge in [-0.05, 0) is 43.3 Å². The summed E-state index contributed by atoms with van der Waals surface area (Å²) in [7, 11) is 0. The quantitative estimate of drug-likeness (QED) is 0.449. The van der Waals surface area contributed by atoms with Gasteiger partial charge in [0.1, 0.15) is 12.1 Å². The molecule has 0 N–H and O–H groups in total. The van der Waals surface area contributed by atoms with Crippen molar-refractivity contribution in [3.05, 3.63) is 65.9 Å². The average Bonchev–Trinajstić information content (AvgIpc) is 3.29. The first-order valence-corrected chi connectivity index (χ1v) is 11.1. The number of amides is 1. The Morgan fingerprint density at radius 1 is 1.00 bits per heavy atom. The lowest BCUT2D eigenvalue weighted by Gasteiger charge is -2.36. The molecule has 0 radical (unpaired) electrons. The number of rotatable bonds is 5. The highest BCUT2D eigenvalue weighted by atomic mass is 35.5. The highest BCUT2D eigenvalue weighted by molar-refractivity contribution is 6.30. The SMILES string of the molecule is C[C@@H](Oc1ccccc1)C(=O)N1CCN(c2ncnc3c2nnn3-c2ccc(Cl)cc2)CC1. The van der Waals surface area contributed by atoms with Crippen LogP contribution in [0.2, 0.25) is 5.02 Å². The molecule has 1 aliphatic rings. The molecule has 5 rings (SSSR count). The van der Waals surface area contributed by atoms with E-state index in [2.05, 4.69) is 25.2 Å². The van der Waals surface area contributed by atoms with Crippen LogP contribution in [0.25, 0.3) is 16.9 Å². The first kappa shape index (κ1) is 21.1. The summed E-state index contributed by atoms with van der Waals surface area (Å²) in [6.07, 6.45) is 0.963. The molecule has 0 aliphatic carbocycles. The summed E-state index contributed by atoms with van der Waals surface area (Å²) in [5.74, 6) is 1.37. The van der Waals surface area contributed by atoms with Gasteiger partial charge in [0, 0.05) is 31.2 Å². The molecule has 1 aliphatic heterocycles. The Balaban J connectivity index is 1.28. The van der Waals surface area contributed by atoms with Crippen LogP contribution in [0.1, 0.15) is 6.92 Å². The monoisotopic (exact) mass is 463 g/mol. The summed E-state index contributed by atoms with van der Waals surface area (Å²) in [6, 6.07) is 16.7. The van der Waals surface area contributed by atoms with Crippen LogP contribution in [0, 0.1) is 0 Å². The fourth-order valence-electron chi connectivity index (χ4n) is 3.87. The predicted octanol–water partition coefficient (Wildman–Crippen LogP) is 2.98. The summed E-state index contributed by atoms with van der Waals surface area (Å²) < 4.78 is 7.46. The molecule has 10 heteroatoms. The van der Waals surface area contributed by atoms with Gasteiger partial charge in [0.25, 0.3) is 5.91 Å². The lowest BCUT2D eigenvalue weighted by atomic mass is 10.2. The summed E-state index contributed by atoms with van der Waals surface area (Å²) in [5.41, 5.74) is 2.05. The molecule has 1 amide bonds. The second-order valence-corrected chi connectivity index (χ2v) is 8.17. The van der Waals surface area contributed by atoms with Crippen molar-refractivity contribution in [3.63, 3.8) is 0 Å². The molecular formula is C23H22ClN7O2. The third-order valence-corrected chi connectivity index (χ3v) is 5.84. The Hall–Kier alpha value is -3.72. The van der Waals surface area contributed by atoms with Crippen molar-refractivity contribution in [3.8, 4) is 11.4 Å². The van der Waals surface area contributed by atoms with Crippen LogP contribution < -0.4 is 9.64 Å². The van der Waals surface area contributed by atoms with E-state index in [-0.39, 0.29) is 5.91 Å². The van der Waals surface area contributed by atoms with Crippen molar-refractivity contribution in [1.82, 2.24) is 29.9 Å². The molecule has 1 fully saturated rings. The lowest BCUT2D eigenvalue weighted by Crippen LogP contribution is -2.52. The number of para-hydroxylation sites is 1. The zero-order valence-corrected chi connectivity index (χ0v) is 18.8. The van der Waals surface area contributed by atoms with Crippen molar-refractivity contribution < 1.29 is 9.53 Å². The minimum Gasteiger partial charge on any atom is -0.481 e. The number of hydrogen-bond acceptors (Lipinski definition) is 7. The molecule has 4 aromatic rings. The second kappa shape index (κ2) is 9.03. The number of piperazine rings is 1. The molecule has 3 heterocycles. The number of fused-ring (bicyclic) bond motifs is 1. The van der Waals surface area contributed by atoms with Crippen LogP contribution >= 0.6 is 11.6 Å². The number of carbonyl (C=O) groups is 1. The van der Waals surface area contributed by atoms with Crippen molar-refractivity contribution >= 4 is 34.5 Å². The molecule has 0 saturated carbocycles. The third kappa shape index (κ3) is 4.31. The summed E-state index contributed by atoms with van der Waals surface area (Å²) in [4.78, 5) is 25.6.